The minimum Gasteiger partial charge on any atom is -0.388 e. The van der Waals surface area contributed by atoms with E-state index in [2.05, 4.69) is 15.6 Å². The van der Waals surface area contributed by atoms with E-state index >= 15 is 0 Å². The summed E-state index contributed by atoms with van der Waals surface area (Å²) < 4.78 is 0. The predicted octanol–water partition coefficient (Wildman–Crippen LogP) is -1.70. The Morgan fingerprint density at radius 1 is 1.46 bits per heavy atom. The van der Waals surface area contributed by atoms with Crippen molar-refractivity contribution >= 4 is 6.21 Å². The first-order valence-corrected chi connectivity index (χ1v) is 4.35. The Balaban J connectivity index is 1.87. The summed E-state index contributed by atoms with van der Waals surface area (Å²) in [6.07, 6.45) is 1.16. The van der Waals surface area contributed by atoms with Crippen LogP contribution in [0.4, 0.5) is 0 Å². The summed E-state index contributed by atoms with van der Waals surface area (Å²) in [6.45, 7) is 0.564. The summed E-state index contributed by atoms with van der Waals surface area (Å²) in [5, 5.41) is 25.0. The third kappa shape index (κ3) is 0.757. The van der Waals surface area contributed by atoms with Crippen LogP contribution in [0.15, 0.2) is 16.4 Å². The van der Waals surface area contributed by atoms with Gasteiger partial charge in [0.1, 0.15) is 24.7 Å². The van der Waals surface area contributed by atoms with Crippen LogP contribution in [0.25, 0.3) is 0 Å². The molecule has 1 saturated carbocycles. The van der Waals surface area contributed by atoms with Gasteiger partial charge >= 0.3 is 0 Å². The fraction of sp³-hybridized carbons (Fsp3) is 0.625. The fourth-order valence-electron chi connectivity index (χ4n) is 2.07. The smallest absolute Gasteiger partial charge is 0.108 e. The van der Waals surface area contributed by atoms with E-state index in [4.69, 9.17) is 0 Å². The van der Waals surface area contributed by atoms with Crippen molar-refractivity contribution in [3.8, 4) is 0 Å². The fourth-order valence-corrected chi connectivity index (χ4v) is 2.07. The van der Waals surface area contributed by atoms with E-state index < -0.39 is 17.7 Å². The summed E-state index contributed by atoms with van der Waals surface area (Å²) in [6, 6.07) is 0. The molecule has 2 heterocycles. The van der Waals surface area contributed by atoms with Gasteiger partial charge in [0, 0.05) is 18.2 Å². The normalized spacial score (nSPS) is 46.0. The maximum absolute atomic E-state index is 9.42. The molecule has 70 valence electrons. The van der Waals surface area contributed by atoms with E-state index in [1.807, 2.05) is 0 Å². The molecule has 3 aliphatic rings. The monoisotopic (exact) mass is 181 g/mol. The summed E-state index contributed by atoms with van der Waals surface area (Å²) in [5.41, 5.74) is 0.524. The highest BCUT2D eigenvalue weighted by molar-refractivity contribution is 5.82. The number of aliphatic hydroxyl groups is 2. The molecule has 0 bridgehead atoms. The number of nitrogens with zero attached hydrogens (tertiary/aromatic N) is 1. The molecule has 2 atom stereocenters. The van der Waals surface area contributed by atoms with Gasteiger partial charge in [0.05, 0.1) is 5.54 Å². The largest absolute Gasteiger partial charge is 0.388 e. The van der Waals surface area contributed by atoms with Gasteiger partial charge in [0.25, 0.3) is 0 Å². The van der Waals surface area contributed by atoms with Crippen LogP contribution in [0.3, 0.4) is 0 Å². The highest BCUT2D eigenvalue weighted by Crippen LogP contribution is 2.46. The van der Waals surface area contributed by atoms with Crippen molar-refractivity contribution in [1.29, 1.82) is 0 Å². The zero-order valence-electron chi connectivity index (χ0n) is 6.99. The van der Waals surface area contributed by atoms with E-state index in [1.54, 1.807) is 6.21 Å². The third-order valence-electron chi connectivity index (χ3n) is 3.00. The zero-order valence-corrected chi connectivity index (χ0v) is 6.99. The zero-order chi connectivity index (χ0) is 9.05. The molecule has 4 N–H and O–H groups in total. The first-order valence-electron chi connectivity index (χ1n) is 4.35. The van der Waals surface area contributed by atoms with Crippen LogP contribution < -0.4 is 10.6 Å². The first-order chi connectivity index (χ1) is 6.24. The Kier molecular flexibility index (Phi) is 1.16. The minimum atomic E-state index is -0.645. The molecule has 0 amide bonds. The molecule has 2 unspecified atom stereocenters. The highest BCUT2D eigenvalue weighted by Gasteiger charge is 2.67. The molecule has 5 heteroatoms. The molecule has 0 radical (unpaired) electrons. The van der Waals surface area contributed by atoms with Crippen molar-refractivity contribution in [2.24, 2.45) is 4.99 Å². The molecule has 1 aliphatic carbocycles. The molecule has 0 aromatic carbocycles. The van der Waals surface area contributed by atoms with Gasteiger partial charge in [-0.1, -0.05) is 0 Å². The minimum absolute atomic E-state index is 0.520. The molecule has 0 aromatic rings. The second-order valence-electron chi connectivity index (χ2n) is 3.78. The lowest BCUT2D eigenvalue weighted by Gasteiger charge is -2.13. The van der Waals surface area contributed by atoms with E-state index in [0.29, 0.717) is 13.1 Å². The second-order valence-corrected chi connectivity index (χ2v) is 3.78. The number of rotatable bonds is 0. The van der Waals surface area contributed by atoms with E-state index in [9.17, 15) is 10.2 Å². The Morgan fingerprint density at radius 3 is 2.85 bits per heavy atom. The van der Waals surface area contributed by atoms with Gasteiger partial charge in [-0.05, 0) is 0 Å². The lowest BCUT2D eigenvalue weighted by molar-refractivity contribution is 0.180. The van der Waals surface area contributed by atoms with Crippen LogP contribution in [-0.2, 0) is 0 Å². The molecular formula is C8H11N3O2. The average molecular weight is 181 g/mol. The van der Waals surface area contributed by atoms with E-state index in [-0.39, 0.29) is 0 Å². The Morgan fingerprint density at radius 2 is 2.23 bits per heavy atom. The molecule has 3 rings (SSSR count). The maximum Gasteiger partial charge on any atom is 0.108 e. The summed E-state index contributed by atoms with van der Waals surface area (Å²) in [7, 11) is 0. The van der Waals surface area contributed by atoms with Gasteiger partial charge in [-0.3, -0.25) is 4.99 Å². The van der Waals surface area contributed by atoms with Crippen molar-refractivity contribution in [2.75, 3.05) is 6.67 Å². The maximum atomic E-state index is 9.42. The van der Waals surface area contributed by atoms with Crippen LogP contribution in [0, 0.1) is 0 Å². The van der Waals surface area contributed by atoms with Gasteiger partial charge in [-0.2, -0.15) is 0 Å². The summed E-state index contributed by atoms with van der Waals surface area (Å²) >= 11 is 0. The molecule has 2 aliphatic heterocycles. The standard InChI is InChI=1S/C8H11N3O2/c12-5-6(13)8(5)1-4-2-9-3-10-7(4)11-8/h2,5-6,10-13H,1,3H2. The van der Waals surface area contributed by atoms with Gasteiger partial charge in [-0.15, -0.1) is 0 Å². The first kappa shape index (κ1) is 7.34. The van der Waals surface area contributed by atoms with Crippen molar-refractivity contribution in [3.63, 3.8) is 0 Å². The van der Waals surface area contributed by atoms with Gasteiger partial charge in [0.2, 0.25) is 0 Å². The summed E-state index contributed by atoms with van der Waals surface area (Å²) in [5.74, 6) is 0.908. The van der Waals surface area contributed by atoms with Crippen LogP contribution in [0.5, 0.6) is 0 Å². The summed E-state index contributed by atoms with van der Waals surface area (Å²) in [4.78, 5) is 4.07. The number of hydrogen-bond donors (Lipinski definition) is 4. The molecule has 1 fully saturated rings. The number of nitrogens with one attached hydrogen (secondary N) is 2. The Hall–Kier alpha value is -1.07. The lowest BCUT2D eigenvalue weighted by atomic mass is 10.1. The quantitative estimate of drug-likeness (QED) is 0.359. The highest BCUT2D eigenvalue weighted by atomic mass is 16.4. The van der Waals surface area contributed by atoms with Crippen LogP contribution in [0.2, 0.25) is 0 Å². The molecule has 0 aromatic heterocycles. The second kappa shape index (κ2) is 2.05. The number of aliphatic imine (C=N–C) groups is 1. The van der Waals surface area contributed by atoms with Crippen molar-refractivity contribution in [1.82, 2.24) is 10.6 Å². The topological polar surface area (TPSA) is 76.9 Å². The van der Waals surface area contributed by atoms with Crippen LogP contribution in [-0.4, -0.2) is 40.8 Å². The van der Waals surface area contributed by atoms with Crippen molar-refractivity contribution in [3.05, 3.63) is 11.4 Å². The van der Waals surface area contributed by atoms with Crippen molar-refractivity contribution in [2.45, 2.75) is 24.2 Å². The van der Waals surface area contributed by atoms with E-state index in [0.717, 1.165) is 11.4 Å². The average Bonchev–Trinajstić information content (AvgIpc) is 2.56. The molecule has 13 heavy (non-hydrogen) atoms. The van der Waals surface area contributed by atoms with E-state index in [1.165, 1.54) is 0 Å². The predicted molar refractivity (Wildman–Crippen MR) is 46.0 cm³/mol. The lowest BCUT2D eigenvalue weighted by Crippen LogP contribution is -2.35. The molecule has 5 nitrogen and oxygen atoms in total. The van der Waals surface area contributed by atoms with Crippen LogP contribution >= 0.6 is 0 Å². The SMILES string of the molecule is OC1C(O)C12CC1=C(NCN=C1)N2. The van der Waals surface area contributed by atoms with Gasteiger partial charge in [-0.25, -0.2) is 0 Å². The van der Waals surface area contributed by atoms with Gasteiger partial charge in [0.15, 0.2) is 0 Å². The number of aliphatic hydroxyl groups excluding tert-OH is 2. The third-order valence-corrected chi connectivity index (χ3v) is 3.00. The van der Waals surface area contributed by atoms with Crippen LogP contribution in [0.1, 0.15) is 6.42 Å². The molecule has 1 spiro atoms. The molecule has 0 saturated heterocycles. The molecular weight excluding hydrogens is 170 g/mol. The number of hydrogen-bond acceptors (Lipinski definition) is 5. The van der Waals surface area contributed by atoms with Gasteiger partial charge < -0.3 is 20.8 Å². The Bertz CT molecular complexity index is 315. The van der Waals surface area contributed by atoms with Crippen molar-refractivity contribution < 1.29 is 10.2 Å². The Labute approximate surface area is 75.2 Å².